The molecule has 3 amide bonds. The molecule has 4 heterocycles. The zero-order valence-electron chi connectivity index (χ0n) is 20.0. The summed E-state index contributed by atoms with van der Waals surface area (Å²) in [5, 5.41) is 18.2. The summed E-state index contributed by atoms with van der Waals surface area (Å²) >= 11 is 2.00. The number of allylic oxidation sites excluding steroid dienone is 1. The summed E-state index contributed by atoms with van der Waals surface area (Å²) in [5.74, 6) is -3.38. The zero-order chi connectivity index (χ0) is 27.4. The van der Waals surface area contributed by atoms with Crippen LogP contribution in [0.2, 0.25) is 0 Å². The Bertz CT molecular complexity index is 1270. The van der Waals surface area contributed by atoms with Gasteiger partial charge in [-0.3, -0.25) is 19.3 Å². The second-order valence-corrected chi connectivity index (χ2v) is 11.4. The summed E-state index contributed by atoms with van der Waals surface area (Å²) in [4.78, 5) is 53.0. The zero-order valence-corrected chi connectivity index (χ0v) is 21.7. The molecule has 0 aromatic carbocycles. The fourth-order valence-corrected chi connectivity index (χ4v) is 6.61. The van der Waals surface area contributed by atoms with Crippen molar-refractivity contribution in [2.75, 3.05) is 24.6 Å². The van der Waals surface area contributed by atoms with Crippen molar-refractivity contribution in [1.29, 1.82) is 0 Å². The monoisotopic (exact) mass is 572 g/mol. The molecule has 2 saturated heterocycles. The number of carbonyl (C=O) groups excluding carboxylic acids is 3. The van der Waals surface area contributed by atoms with Crippen molar-refractivity contribution in [1.82, 2.24) is 29.9 Å². The smallest absolute Gasteiger partial charge is 0.451 e. The van der Waals surface area contributed by atoms with Crippen LogP contribution < -0.4 is 5.32 Å². The number of hydrogen-bond acceptors (Lipinski definition) is 8. The molecule has 1 aromatic rings. The van der Waals surface area contributed by atoms with Crippen molar-refractivity contribution < 1.29 is 37.5 Å². The van der Waals surface area contributed by atoms with Gasteiger partial charge in [0.25, 0.3) is 5.91 Å². The highest BCUT2D eigenvalue weighted by molar-refractivity contribution is 8.00. The van der Waals surface area contributed by atoms with Gasteiger partial charge in [-0.1, -0.05) is 11.8 Å². The van der Waals surface area contributed by atoms with Crippen LogP contribution in [0.15, 0.2) is 28.1 Å². The van der Waals surface area contributed by atoms with Gasteiger partial charge in [0.1, 0.15) is 17.1 Å². The number of nitrogens with zero attached hydrogens (tertiary/aromatic N) is 5. The quantitative estimate of drug-likeness (QED) is 0.268. The summed E-state index contributed by atoms with van der Waals surface area (Å²) in [6.45, 7) is 1.30. The molecule has 1 aromatic heterocycles. The number of thioether (sulfide) groups is 2. The molecule has 0 radical (unpaired) electrons. The molecular weight excluding hydrogens is 549 g/mol. The molecule has 1 saturated carbocycles. The SMILES string of the molecule is Cn1c(SCC(=O)N[C@@H]2C(=O)N3C(C(=O)O)=C(/C=C4\CCN(CC5CC5)C4=O)CS[C@H]23)nnc1C(F)(F)F. The van der Waals surface area contributed by atoms with Gasteiger partial charge in [-0.15, -0.1) is 22.0 Å². The molecule has 4 aliphatic rings. The number of carboxylic acid groups (broad SMARTS) is 1. The summed E-state index contributed by atoms with van der Waals surface area (Å²) in [6.07, 6.45) is -0.373. The first-order valence-corrected chi connectivity index (χ1v) is 13.8. The predicted molar refractivity (Wildman–Crippen MR) is 128 cm³/mol. The molecule has 3 fully saturated rings. The number of amides is 3. The minimum atomic E-state index is -4.69. The Morgan fingerprint density at radius 1 is 1.26 bits per heavy atom. The first-order valence-electron chi connectivity index (χ1n) is 11.8. The van der Waals surface area contributed by atoms with Gasteiger partial charge in [-0.25, -0.2) is 4.79 Å². The Balaban J connectivity index is 1.23. The van der Waals surface area contributed by atoms with Crippen molar-refractivity contribution in [3.8, 4) is 0 Å². The van der Waals surface area contributed by atoms with Crippen molar-refractivity contribution in [2.24, 2.45) is 13.0 Å². The summed E-state index contributed by atoms with van der Waals surface area (Å²) < 4.78 is 39.4. The summed E-state index contributed by atoms with van der Waals surface area (Å²) in [6, 6.07) is -0.982. The van der Waals surface area contributed by atoms with E-state index in [1.807, 2.05) is 0 Å². The molecule has 11 nitrogen and oxygen atoms in total. The molecule has 3 aliphatic heterocycles. The fraction of sp³-hybridized carbons (Fsp3) is 0.545. The molecule has 0 bridgehead atoms. The molecule has 38 heavy (non-hydrogen) atoms. The average molecular weight is 573 g/mol. The molecule has 2 atom stereocenters. The minimum Gasteiger partial charge on any atom is -0.477 e. The van der Waals surface area contributed by atoms with Crippen molar-refractivity contribution in [3.05, 3.63) is 28.7 Å². The van der Waals surface area contributed by atoms with Crippen LogP contribution in [0.4, 0.5) is 13.2 Å². The summed E-state index contributed by atoms with van der Waals surface area (Å²) in [5.41, 5.74) is 0.677. The van der Waals surface area contributed by atoms with E-state index in [1.165, 1.54) is 11.8 Å². The molecular formula is C22H23F3N6O5S2. The van der Waals surface area contributed by atoms with Crippen molar-refractivity contribution in [3.63, 3.8) is 0 Å². The highest BCUT2D eigenvalue weighted by Gasteiger charge is 2.54. The molecule has 204 valence electrons. The van der Waals surface area contributed by atoms with Crippen LogP contribution in [0.5, 0.6) is 0 Å². The number of hydrogen-bond donors (Lipinski definition) is 2. The third kappa shape index (κ3) is 5.02. The fourth-order valence-electron chi connectivity index (χ4n) is 4.58. The maximum absolute atomic E-state index is 12.9. The maximum atomic E-state index is 12.9. The van der Waals surface area contributed by atoms with E-state index in [4.69, 9.17) is 0 Å². The van der Waals surface area contributed by atoms with Crippen LogP contribution in [0.1, 0.15) is 25.1 Å². The molecule has 2 N–H and O–H groups in total. The number of β-lactam (4-membered cyclic amide) rings is 1. The Morgan fingerprint density at radius 2 is 2.00 bits per heavy atom. The van der Waals surface area contributed by atoms with Gasteiger partial charge in [-0.2, -0.15) is 13.2 Å². The second-order valence-electron chi connectivity index (χ2n) is 9.40. The van der Waals surface area contributed by atoms with Gasteiger partial charge in [0.15, 0.2) is 5.16 Å². The highest BCUT2D eigenvalue weighted by atomic mass is 32.2. The average Bonchev–Trinajstić information content (AvgIpc) is 3.50. The van der Waals surface area contributed by atoms with E-state index in [0.29, 0.717) is 36.6 Å². The largest absolute Gasteiger partial charge is 0.477 e. The van der Waals surface area contributed by atoms with Gasteiger partial charge in [0.05, 0.1) is 5.75 Å². The molecule has 5 rings (SSSR count). The standard InChI is InChI=1S/C22H23F3N6O5S2/c1-29-20(22(23,24)25)27-28-21(29)38-9-13(32)26-14-17(34)31-15(19(35)36)12(8-37-18(14)31)6-11-4-5-30(16(11)33)7-10-2-3-10/h6,10,14,18H,2-5,7-9H2,1H3,(H,26,32)(H,35,36)/b11-6+/t14-,18-/m1/s1. The van der Waals surface area contributed by atoms with E-state index in [9.17, 15) is 37.5 Å². The van der Waals surface area contributed by atoms with Gasteiger partial charge in [0.2, 0.25) is 17.6 Å². The molecule has 0 unspecified atom stereocenters. The third-order valence-corrected chi connectivity index (χ3v) is 9.00. The second kappa shape index (κ2) is 9.94. The molecule has 16 heteroatoms. The number of carboxylic acids is 1. The number of likely N-dealkylation sites (tertiary alicyclic amines) is 1. The number of fused-ring (bicyclic) bond motifs is 1. The number of nitrogens with one attached hydrogen (secondary N) is 1. The number of halogens is 3. The van der Waals surface area contributed by atoms with Crippen LogP contribution in [0.3, 0.4) is 0 Å². The van der Waals surface area contributed by atoms with Crippen molar-refractivity contribution >= 4 is 47.2 Å². The van der Waals surface area contributed by atoms with Crippen LogP contribution in [0, 0.1) is 5.92 Å². The third-order valence-electron chi connectivity index (χ3n) is 6.67. The van der Waals surface area contributed by atoms with Crippen LogP contribution in [0.25, 0.3) is 0 Å². The van der Waals surface area contributed by atoms with E-state index >= 15 is 0 Å². The number of alkyl halides is 3. The highest BCUT2D eigenvalue weighted by Crippen LogP contribution is 2.41. The molecule has 1 aliphatic carbocycles. The first kappa shape index (κ1) is 26.6. The van der Waals surface area contributed by atoms with E-state index in [-0.39, 0.29) is 28.3 Å². The number of aliphatic carboxylic acids is 1. The maximum Gasteiger partial charge on any atom is 0.451 e. The van der Waals surface area contributed by atoms with Gasteiger partial charge < -0.3 is 19.9 Å². The Hall–Kier alpha value is -3.01. The van der Waals surface area contributed by atoms with E-state index in [1.54, 1.807) is 11.0 Å². The van der Waals surface area contributed by atoms with E-state index in [0.717, 1.165) is 41.1 Å². The van der Waals surface area contributed by atoms with Gasteiger partial charge in [-0.05, 0) is 36.8 Å². The Labute approximate surface area is 222 Å². The lowest BCUT2D eigenvalue weighted by Crippen LogP contribution is -2.70. The van der Waals surface area contributed by atoms with E-state index in [2.05, 4.69) is 15.5 Å². The van der Waals surface area contributed by atoms with Crippen LogP contribution in [-0.2, 0) is 32.4 Å². The Kier molecular flexibility index (Phi) is 6.96. The lowest BCUT2D eigenvalue weighted by atomic mass is 10.0. The van der Waals surface area contributed by atoms with Gasteiger partial charge in [0, 0.05) is 31.5 Å². The van der Waals surface area contributed by atoms with Crippen LogP contribution >= 0.6 is 23.5 Å². The van der Waals surface area contributed by atoms with E-state index < -0.39 is 41.2 Å². The topological polar surface area (TPSA) is 138 Å². The number of aromatic nitrogens is 3. The number of rotatable bonds is 8. The minimum absolute atomic E-state index is 0.107. The Morgan fingerprint density at radius 3 is 2.63 bits per heavy atom. The predicted octanol–water partition coefficient (Wildman–Crippen LogP) is 1.23. The van der Waals surface area contributed by atoms with Crippen LogP contribution in [-0.4, -0.2) is 89.4 Å². The van der Waals surface area contributed by atoms with Crippen molar-refractivity contribution in [2.45, 2.75) is 42.0 Å². The lowest BCUT2D eigenvalue weighted by Gasteiger charge is -2.49. The van der Waals surface area contributed by atoms with Gasteiger partial charge >= 0.3 is 12.1 Å². The lowest BCUT2D eigenvalue weighted by molar-refractivity contribution is -0.150. The number of carbonyl (C=O) groups is 4. The first-order chi connectivity index (χ1) is 18.0. The normalized spacial score (nSPS) is 24.7. The molecule has 0 spiro atoms. The summed E-state index contributed by atoms with van der Waals surface area (Å²) in [7, 11) is 1.13.